The molecule has 3 rings (SSSR count). The van der Waals surface area contributed by atoms with Crippen LogP contribution < -0.4 is 9.47 Å². The fourth-order valence-electron chi connectivity index (χ4n) is 2.74. The zero-order valence-electron chi connectivity index (χ0n) is 16.8. The van der Waals surface area contributed by atoms with E-state index in [9.17, 15) is 4.79 Å². The summed E-state index contributed by atoms with van der Waals surface area (Å²) >= 11 is 3.56. The highest BCUT2D eigenvalue weighted by atomic mass is 79.9. The fourth-order valence-corrected chi connectivity index (χ4v) is 3.32. The molecule has 0 radical (unpaired) electrons. The number of aliphatic imine (C=N–C) groups is 1. The largest absolute Gasteiger partial charge is 0.490 e. The lowest BCUT2D eigenvalue weighted by Crippen LogP contribution is -2.02. The second-order valence-electron chi connectivity index (χ2n) is 6.65. The summed E-state index contributed by atoms with van der Waals surface area (Å²) in [5.41, 5.74) is 4.05. The van der Waals surface area contributed by atoms with E-state index in [2.05, 4.69) is 20.9 Å². The van der Waals surface area contributed by atoms with Crippen molar-refractivity contribution in [1.29, 1.82) is 0 Å². The van der Waals surface area contributed by atoms with Crippen LogP contribution in [-0.4, -0.2) is 23.9 Å². The minimum absolute atomic E-state index is 0.243. The molecule has 0 bridgehead atoms. The number of hydrogen-bond donors (Lipinski definition) is 1. The summed E-state index contributed by atoms with van der Waals surface area (Å²) in [6.45, 7) is 4.73. The highest BCUT2D eigenvalue weighted by molar-refractivity contribution is 9.10. The molecule has 0 fully saturated rings. The van der Waals surface area contributed by atoms with Gasteiger partial charge in [0.05, 0.1) is 22.3 Å². The number of benzene rings is 3. The number of aromatic carboxylic acids is 1. The van der Waals surface area contributed by atoms with E-state index in [0.29, 0.717) is 18.1 Å². The number of nitrogens with zero attached hydrogens (tertiary/aromatic N) is 1. The SMILES string of the molecule is CCOc1cc(C=Nc2ccc(C)cc2)cc(Br)c1OCc1ccc(C(=O)O)cc1. The third-order valence-electron chi connectivity index (χ3n) is 4.31. The van der Waals surface area contributed by atoms with Crippen molar-refractivity contribution in [2.75, 3.05) is 6.61 Å². The average Bonchev–Trinajstić information content (AvgIpc) is 2.73. The molecule has 1 N–H and O–H groups in total. The Labute approximate surface area is 184 Å². The van der Waals surface area contributed by atoms with Gasteiger partial charge in [-0.2, -0.15) is 0 Å². The van der Waals surface area contributed by atoms with Crippen molar-refractivity contribution in [3.63, 3.8) is 0 Å². The van der Waals surface area contributed by atoms with Gasteiger partial charge in [0, 0.05) is 6.21 Å². The van der Waals surface area contributed by atoms with Crippen LogP contribution in [-0.2, 0) is 6.61 Å². The lowest BCUT2D eigenvalue weighted by Gasteiger charge is -2.15. The Balaban J connectivity index is 1.78. The van der Waals surface area contributed by atoms with Crippen LogP contribution in [0.15, 0.2) is 70.1 Å². The molecule has 0 saturated carbocycles. The Kier molecular flexibility index (Phi) is 7.25. The second-order valence-corrected chi connectivity index (χ2v) is 7.50. The molecule has 0 aromatic heterocycles. The minimum atomic E-state index is -0.952. The van der Waals surface area contributed by atoms with Gasteiger partial charge < -0.3 is 14.6 Å². The minimum Gasteiger partial charge on any atom is -0.490 e. The van der Waals surface area contributed by atoms with E-state index in [1.807, 2.05) is 50.2 Å². The van der Waals surface area contributed by atoms with Gasteiger partial charge in [-0.3, -0.25) is 4.99 Å². The summed E-state index contributed by atoms with van der Waals surface area (Å²) in [5.74, 6) is 0.248. The average molecular weight is 468 g/mol. The number of aryl methyl sites for hydroxylation is 1. The molecule has 3 aromatic carbocycles. The summed E-state index contributed by atoms with van der Waals surface area (Å²) in [6, 6.07) is 18.4. The molecule has 0 aliphatic heterocycles. The molecule has 0 saturated heterocycles. The molecular weight excluding hydrogens is 446 g/mol. The van der Waals surface area contributed by atoms with Crippen LogP contribution in [0, 0.1) is 6.92 Å². The van der Waals surface area contributed by atoms with E-state index in [4.69, 9.17) is 14.6 Å². The van der Waals surface area contributed by atoms with Crippen molar-refractivity contribution in [1.82, 2.24) is 0 Å². The quantitative estimate of drug-likeness (QED) is 0.401. The maximum absolute atomic E-state index is 11.0. The van der Waals surface area contributed by atoms with Crippen LogP contribution in [0.4, 0.5) is 5.69 Å². The summed E-state index contributed by atoms with van der Waals surface area (Å²) < 4.78 is 12.5. The third kappa shape index (κ3) is 5.70. The summed E-state index contributed by atoms with van der Waals surface area (Å²) in [4.78, 5) is 15.5. The molecule has 3 aromatic rings. The van der Waals surface area contributed by atoms with Crippen molar-refractivity contribution in [2.24, 2.45) is 4.99 Å². The van der Waals surface area contributed by atoms with E-state index in [1.165, 1.54) is 5.56 Å². The summed E-state index contributed by atoms with van der Waals surface area (Å²) in [5, 5.41) is 9.01. The van der Waals surface area contributed by atoms with Gasteiger partial charge in [-0.15, -0.1) is 0 Å². The number of carboxylic acid groups (broad SMARTS) is 1. The van der Waals surface area contributed by atoms with Gasteiger partial charge in [0.15, 0.2) is 11.5 Å². The van der Waals surface area contributed by atoms with Crippen molar-refractivity contribution < 1.29 is 19.4 Å². The van der Waals surface area contributed by atoms with Crippen LogP contribution >= 0.6 is 15.9 Å². The van der Waals surface area contributed by atoms with E-state index in [1.54, 1.807) is 30.5 Å². The summed E-state index contributed by atoms with van der Waals surface area (Å²) in [7, 11) is 0. The van der Waals surface area contributed by atoms with Crippen LogP contribution in [0.3, 0.4) is 0 Å². The lowest BCUT2D eigenvalue weighted by atomic mass is 10.1. The number of carbonyl (C=O) groups is 1. The molecule has 0 unspecified atom stereocenters. The first-order valence-electron chi connectivity index (χ1n) is 9.48. The zero-order chi connectivity index (χ0) is 21.5. The maximum Gasteiger partial charge on any atom is 0.335 e. The highest BCUT2D eigenvalue weighted by Gasteiger charge is 2.12. The monoisotopic (exact) mass is 467 g/mol. The van der Waals surface area contributed by atoms with E-state index in [0.717, 1.165) is 21.3 Å². The van der Waals surface area contributed by atoms with Gasteiger partial charge >= 0.3 is 5.97 Å². The normalized spacial score (nSPS) is 10.9. The van der Waals surface area contributed by atoms with Gasteiger partial charge in [0.2, 0.25) is 0 Å². The Hall–Kier alpha value is -3.12. The van der Waals surface area contributed by atoms with E-state index < -0.39 is 5.97 Å². The molecular formula is C24H22BrNO4. The van der Waals surface area contributed by atoms with Gasteiger partial charge in [-0.1, -0.05) is 29.8 Å². The molecule has 6 heteroatoms. The molecule has 0 aliphatic rings. The molecule has 0 spiro atoms. The Morgan fingerprint density at radius 3 is 2.40 bits per heavy atom. The standard InChI is InChI=1S/C24H22BrNO4/c1-3-29-22-13-18(14-26-20-10-4-16(2)5-11-20)12-21(25)23(22)30-15-17-6-8-19(9-7-17)24(27)28/h4-14H,3,15H2,1-2H3,(H,27,28). The van der Waals surface area contributed by atoms with Crippen molar-refractivity contribution in [2.45, 2.75) is 20.5 Å². The molecule has 5 nitrogen and oxygen atoms in total. The second kappa shape index (κ2) is 10.1. The van der Waals surface area contributed by atoms with Gasteiger partial charge in [-0.05, 0) is 77.3 Å². The van der Waals surface area contributed by atoms with Crippen molar-refractivity contribution >= 4 is 33.8 Å². The first kappa shape index (κ1) is 21.6. The predicted octanol–water partition coefficient (Wildman–Crippen LogP) is 6.18. The number of rotatable bonds is 8. The Morgan fingerprint density at radius 2 is 1.77 bits per heavy atom. The first-order valence-corrected chi connectivity index (χ1v) is 10.3. The van der Waals surface area contributed by atoms with Crippen molar-refractivity contribution in [3.8, 4) is 11.5 Å². The van der Waals surface area contributed by atoms with Crippen LogP contribution in [0.5, 0.6) is 11.5 Å². The van der Waals surface area contributed by atoms with E-state index >= 15 is 0 Å². The van der Waals surface area contributed by atoms with E-state index in [-0.39, 0.29) is 12.2 Å². The van der Waals surface area contributed by atoms with Crippen molar-refractivity contribution in [3.05, 3.63) is 87.4 Å². The third-order valence-corrected chi connectivity index (χ3v) is 4.90. The van der Waals surface area contributed by atoms with Crippen LogP contribution in [0.1, 0.15) is 34.0 Å². The molecule has 0 atom stereocenters. The number of carboxylic acids is 1. The predicted molar refractivity (Wildman–Crippen MR) is 121 cm³/mol. The first-order chi connectivity index (χ1) is 14.5. The molecule has 0 aliphatic carbocycles. The van der Waals surface area contributed by atoms with Crippen LogP contribution in [0.2, 0.25) is 0 Å². The van der Waals surface area contributed by atoms with Gasteiger partial charge in [-0.25, -0.2) is 4.79 Å². The van der Waals surface area contributed by atoms with Gasteiger partial charge in [0.25, 0.3) is 0 Å². The molecule has 0 heterocycles. The molecule has 30 heavy (non-hydrogen) atoms. The zero-order valence-corrected chi connectivity index (χ0v) is 18.3. The number of hydrogen-bond acceptors (Lipinski definition) is 4. The van der Waals surface area contributed by atoms with Gasteiger partial charge in [0.1, 0.15) is 6.61 Å². The van der Waals surface area contributed by atoms with Crippen LogP contribution in [0.25, 0.3) is 0 Å². The Bertz CT molecular complexity index is 1040. The number of halogens is 1. The molecule has 0 amide bonds. The lowest BCUT2D eigenvalue weighted by molar-refractivity contribution is 0.0697. The number of ether oxygens (including phenoxy) is 2. The Morgan fingerprint density at radius 1 is 1.07 bits per heavy atom. The summed E-state index contributed by atoms with van der Waals surface area (Å²) in [6.07, 6.45) is 1.78. The fraction of sp³-hybridized carbons (Fsp3) is 0.167. The topological polar surface area (TPSA) is 68.1 Å². The highest BCUT2D eigenvalue weighted by Crippen LogP contribution is 2.37. The maximum atomic E-state index is 11.0. The smallest absolute Gasteiger partial charge is 0.335 e. The molecule has 154 valence electrons.